The van der Waals surface area contributed by atoms with Gasteiger partial charge in [-0.2, -0.15) is 0 Å². The van der Waals surface area contributed by atoms with Gasteiger partial charge in [0.05, 0.1) is 24.3 Å². The molecular weight excluding hydrogens is 695 g/mol. The summed E-state index contributed by atoms with van der Waals surface area (Å²) in [5.74, 6) is 2.00. The molecule has 4 aromatic rings. The third-order valence-corrected chi connectivity index (χ3v) is 12.1. The highest BCUT2D eigenvalue weighted by Gasteiger charge is 2.29. The van der Waals surface area contributed by atoms with Crippen molar-refractivity contribution in [3.63, 3.8) is 0 Å². The van der Waals surface area contributed by atoms with Crippen LogP contribution in [0.4, 0.5) is 0 Å². The van der Waals surface area contributed by atoms with Crippen molar-refractivity contribution in [1.82, 2.24) is 20.4 Å². The van der Waals surface area contributed by atoms with Gasteiger partial charge in [-0.05, 0) is 60.1 Å². The second-order valence-corrected chi connectivity index (χ2v) is 15.3. The largest absolute Gasteiger partial charge is 0.496 e. The van der Waals surface area contributed by atoms with Gasteiger partial charge in [0.1, 0.15) is 11.5 Å². The van der Waals surface area contributed by atoms with E-state index in [-0.39, 0.29) is 23.9 Å². The summed E-state index contributed by atoms with van der Waals surface area (Å²) in [6, 6.07) is 21.3. The number of carbonyl (C=O) groups is 2. The normalized spacial score (nSPS) is 20.3. The minimum Gasteiger partial charge on any atom is -0.496 e. The Hall–Kier alpha value is -4.08. The van der Waals surface area contributed by atoms with Crippen LogP contribution in [0, 0.1) is 0 Å². The number of methoxy groups -OCH3 is 2. The number of hydrogen-bond donors (Lipinski definition) is 2. The average Bonchev–Trinajstić information content (AvgIpc) is 3.77. The van der Waals surface area contributed by atoms with E-state index in [0.29, 0.717) is 22.9 Å². The quantitative estimate of drug-likeness (QED) is 0.188. The lowest BCUT2D eigenvalue weighted by atomic mass is 9.90. The Morgan fingerprint density at radius 1 is 0.635 bits per heavy atom. The van der Waals surface area contributed by atoms with Crippen molar-refractivity contribution in [3.05, 3.63) is 93.0 Å². The average molecular weight is 740 g/mol. The molecule has 52 heavy (non-hydrogen) atoms. The van der Waals surface area contributed by atoms with Crippen LogP contribution in [0.3, 0.4) is 0 Å². The van der Waals surface area contributed by atoms with E-state index in [1.807, 2.05) is 24.3 Å². The SMILES string of the molecule is COc1cc(-c2cccc(-c3cccc(-c4cc5c(c(OC)c4)CN(C[C@H]4CCC(=O)N4)CC5)c3Cl)c2Cl)cc2c1CN(C[C@H]1CCC(=O)N1)CC2. The Balaban J connectivity index is 1.06. The van der Waals surface area contributed by atoms with Crippen LogP contribution in [0.25, 0.3) is 33.4 Å². The topological polar surface area (TPSA) is 83.1 Å². The molecule has 8 rings (SSSR count). The maximum Gasteiger partial charge on any atom is 0.220 e. The van der Waals surface area contributed by atoms with E-state index in [0.717, 1.165) is 110 Å². The first kappa shape index (κ1) is 35.0. The van der Waals surface area contributed by atoms with Gasteiger partial charge in [-0.1, -0.05) is 71.7 Å². The molecule has 8 nitrogen and oxygen atoms in total. The van der Waals surface area contributed by atoms with E-state index in [1.165, 1.54) is 22.3 Å². The van der Waals surface area contributed by atoms with Crippen molar-refractivity contribution in [3.8, 4) is 44.9 Å². The lowest BCUT2D eigenvalue weighted by Crippen LogP contribution is -2.41. The Morgan fingerprint density at radius 3 is 1.44 bits per heavy atom. The first-order valence-corrected chi connectivity index (χ1v) is 19.0. The van der Waals surface area contributed by atoms with Crippen molar-refractivity contribution < 1.29 is 19.1 Å². The summed E-state index contributed by atoms with van der Waals surface area (Å²) >= 11 is 14.6. The highest BCUT2D eigenvalue weighted by molar-refractivity contribution is 6.39. The first-order chi connectivity index (χ1) is 25.3. The molecule has 0 aromatic heterocycles. The molecule has 0 unspecified atom stereocenters. The molecule has 4 aliphatic heterocycles. The highest BCUT2D eigenvalue weighted by atomic mass is 35.5. The van der Waals surface area contributed by atoms with Crippen LogP contribution in [0.2, 0.25) is 10.0 Å². The van der Waals surface area contributed by atoms with Crippen LogP contribution >= 0.6 is 23.2 Å². The van der Waals surface area contributed by atoms with Crippen molar-refractivity contribution in [2.45, 2.75) is 63.7 Å². The van der Waals surface area contributed by atoms with Gasteiger partial charge in [0.2, 0.25) is 11.8 Å². The predicted octanol–water partition coefficient (Wildman–Crippen LogP) is 7.29. The number of nitrogens with one attached hydrogen (secondary N) is 2. The summed E-state index contributed by atoms with van der Waals surface area (Å²) in [6.07, 6.45) is 4.81. The van der Waals surface area contributed by atoms with E-state index < -0.39 is 0 Å². The van der Waals surface area contributed by atoms with E-state index >= 15 is 0 Å². The lowest BCUT2D eigenvalue weighted by molar-refractivity contribution is -0.120. The molecule has 4 aliphatic rings. The van der Waals surface area contributed by atoms with Crippen LogP contribution in [0.1, 0.15) is 47.9 Å². The van der Waals surface area contributed by atoms with Gasteiger partial charge in [0.15, 0.2) is 0 Å². The van der Waals surface area contributed by atoms with Gasteiger partial charge in [-0.25, -0.2) is 0 Å². The third kappa shape index (κ3) is 6.90. The smallest absolute Gasteiger partial charge is 0.220 e. The van der Waals surface area contributed by atoms with Crippen molar-refractivity contribution in [1.29, 1.82) is 0 Å². The van der Waals surface area contributed by atoms with Crippen LogP contribution in [0.5, 0.6) is 11.5 Å². The Labute approximate surface area is 315 Å². The zero-order chi connectivity index (χ0) is 35.9. The van der Waals surface area contributed by atoms with Gasteiger partial charge in [-0.15, -0.1) is 0 Å². The standard InChI is InChI=1S/C42H44Cl2N4O4/c1-51-37-19-27(17-25-13-15-47(23-35(25)37)21-29-9-11-39(49)45-29)31-5-3-7-33(41(31)43)34-8-4-6-32(42(34)44)28-18-26-14-16-48(22-30-10-12-40(50)46-30)24-36(26)38(20-28)52-2/h3-8,17-20,29-30H,9-16,21-24H2,1-2H3,(H,45,49)(H,46,50)/t29-,30-/m1/s1. The molecule has 0 spiro atoms. The molecule has 4 aromatic carbocycles. The molecule has 2 fully saturated rings. The minimum atomic E-state index is 0.150. The van der Waals surface area contributed by atoms with Gasteiger partial charge < -0.3 is 20.1 Å². The molecule has 0 aliphatic carbocycles. The predicted molar refractivity (Wildman–Crippen MR) is 206 cm³/mol. The number of nitrogens with zero attached hydrogens (tertiary/aromatic N) is 2. The fourth-order valence-electron chi connectivity index (χ4n) is 8.54. The molecule has 2 N–H and O–H groups in total. The second-order valence-electron chi connectivity index (χ2n) is 14.5. The lowest BCUT2D eigenvalue weighted by Gasteiger charge is -2.32. The summed E-state index contributed by atoms with van der Waals surface area (Å²) in [4.78, 5) is 28.3. The molecule has 0 bridgehead atoms. The third-order valence-electron chi connectivity index (χ3n) is 11.2. The van der Waals surface area contributed by atoms with Crippen LogP contribution < -0.4 is 20.1 Å². The number of halogens is 2. The van der Waals surface area contributed by atoms with Crippen LogP contribution in [-0.4, -0.2) is 74.1 Å². The Bertz CT molecular complexity index is 1870. The molecule has 0 radical (unpaired) electrons. The van der Waals surface area contributed by atoms with E-state index in [9.17, 15) is 9.59 Å². The molecule has 2 amide bonds. The van der Waals surface area contributed by atoms with Crippen molar-refractivity contribution >= 4 is 35.0 Å². The summed E-state index contributed by atoms with van der Waals surface area (Å²) in [6.45, 7) is 5.12. The number of rotatable bonds is 9. The molecule has 2 atom stereocenters. The summed E-state index contributed by atoms with van der Waals surface area (Å²) in [5.41, 5.74) is 10.5. The van der Waals surface area contributed by atoms with Crippen molar-refractivity contribution in [2.24, 2.45) is 0 Å². The first-order valence-electron chi connectivity index (χ1n) is 18.3. The van der Waals surface area contributed by atoms with Crippen LogP contribution in [0.15, 0.2) is 60.7 Å². The molecule has 4 heterocycles. The molecule has 2 saturated heterocycles. The van der Waals surface area contributed by atoms with Gasteiger partial charge in [0, 0.05) is 97.6 Å². The summed E-state index contributed by atoms with van der Waals surface area (Å²) in [5, 5.41) is 7.48. The molecular formula is C42H44Cl2N4O4. The number of benzene rings is 4. The van der Waals surface area contributed by atoms with E-state index in [4.69, 9.17) is 32.7 Å². The minimum absolute atomic E-state index is 0.150. The zero-order valence-corrected chi connectivity index (χ0v) is 31.2. The monoisotopic (exact) mass is 738 g/mol. The molecule has 270 valence electrons. The number of fused-ring (bicyclic) bond motifs is 2. The fourth-order valence-corrected chi connectivity index (χ4v) is 9.21. The maximum atomic E-state index is 11.8. The second kappa shape index (κ2) is 14.7. The molecule has 10 heteroatoms. The fraction of sp³-hybridized carbons (Fsp3) is 0.381. The van der Waals surface area contributed by atoms with Gasteiger partial charge in [-0.3, -0.25) is 19.4 Å². The van der Waals surface area contributed by atoms with Crippen molar-refractivity contribution in [2.75, 3.05) is 40.4 Å². The van der Waals surface area contributed by atoms with Crippen LogP contribution in [-0.2, 0) is 35.5 Å². The summed E-state index contributed by atoms with van der Waals surface area (Å²) < 4.78 is 11.9. The zero-order valence-electron chi connectivity index (χ0n) is 29.7. The van der Waals surface area contributed by atoms with E-state index in [2.05, 4.69) is 56.8 Å². The number of ether oxygens (including phenoxy) is 2. The summed E-state index contributed by atoms with van der Waals surface area (Å²) in [7, 11) is 3.45. The Morgan fingerprint density at radius 2 is 1.06 bits per heavy atom. The highest BCUT2D eigenvalue weighted by Crippen LogP contribution is 2.45. The van der Waals surface area contributed by atoms with E-state index in [1.54, 1.807) is 14.2 Å². The Kier molecular flexibility index (Phi) is 9.92. The number of carbonyl (C=O) groups excluding carboxylic acids is 2. The van der Waals surface area contributed by atoms with Gasteiger partial charge in [0.25, 0.3) is 0 Å². The van der Waals surface area contributed by atoms with Gasteiger partial charge >= 0.3 is 0 Å². The maximum absolute atomic E-state index is 11.8. The number of amides is 2. The number of hydrogen-bond acceptors (Lipinski definition) is 6. The molecule has 0 saturated carbocycles.